The van der Waals surface area contributed by atoms with E-state index in [4.69, 9.17) is 28.3 Å². The van der Waals surface area contributed by atoms with Crippen molar-refractivity contribution in [2.24, 2.45) is 0 Å². The summed E-state index contributed by atoms with van der Waals surface area (Å²) in [5.74, 6) is -6.58. The SMILES string of the molecule is O=C(O)c1ccc(/C(F)=C/[C@@H](c2cc(Cl)c(C(F)F)c(Cl)c2)C(F)(F)F)cc1C(F)(F)F. The van der Waals surface area contributed by atoms with Gasteiger partial charge in [-0.25, -0.2) is 18.0 Å². The van der Waals surface area contributed by atoms with Gasteiger partial charge in [-0.2, -0.15) is 26.3 Å². The zero-order valence-electron chi connectivity index (χ0n) is 15.1. The molecule has 0 saturated carbocycles. The van der Waals surface area contributed by atoms with Crippen LogP contribution in [0.3, 0.4) is 0 Å². The highest BCUT2D eigenvalue weighted by Gasteiger charge is 2.41. The maximum absolute atomic E-state index is 14.6. The van der Waals surface area contributed by atoms with Crippen molar-refractivity contribution in [1.29, 1.82) is 0 Å². The minimum absolute atomic E-state index is 0.0442. The van der Waals surface area contributed by atoms with Gasteiger partial charge in [0.1, 0.15) is 11.7 Å². The van der Waals surface area contributed by atoms with E-state index in [-0.39, 0.29) is 12.1 Å². The molecule has 2 rings (SSSR count). The Morgan fingerprint density at radius 3 is 1.91 bits per heavy atom. The summed E-state index contributed by atoms with van der Waals surface area (Å²) < 4.78 is 120. The third kappa shape index (κ3) is 5.69. The van der Waals surface area contributed by atoms with Gasteiger partial charge in [0.05, 0.1) is 26.7 Å². The largest absolute Gasteiger partial charge is 0.478 e. The number of hydrogen-bond donors (Lipinski definition) is 1. The smallest absolute Gasteiger partial charge is 0.417 e. The average molecular weight is 511 g/mol. The van der Waals surface area contributed by atoms with Crippen molar-refractivity contribution in [2.75, 3.05) is 0 Å². The quantitative estimate of drug-likeness (QED) is 0.410. The van der Waals surface area contributed by atoms with Crippen LogP contribution in [0.25, 0.3) is 5.83 Å². The summed E-state index contributed by atoms with van der Waals surface area (Å²) in [5, 5.41) is 7.19. The average Bonchev–Trinajstić information content (AvgIpc) is 2.62. The van der Waals surface area contributed by atoms with Gasteiger partial charge in [0.2, 0.25) is 0 Å². The highest BCUT2D eigenvalue weighted by atomic mass is 35.5. The van der Waals surface area contributed by atoms with Gasteiger partial charge in [-0.3, -0.25) is 0 Å². The number of rotatable bonds is 5. The first kappa shape index (κ1) is 25.9. The van der Waals surface area contributed by atoms with Crippen LogP contribution in [0.15, 0.2) is 36.4 Å². The lowest BCUT2D eigenvalue weighted by molar-refractivity contribution is -0.140. The summed E-state index contributed by atoms with van der Waals surface area (Å²) in [4.78, 5) is 10.9. The third-order valence-electron chi connectivity index (χ3n) is 4.18. The Bertz CT molecular complexity index is 1040. The topological polar surface area (TPSA) is 37.3 Å². The lowest BCUT2D eigenvalue weighted by Crippen LogP contribution is -2.19. The molecule has 0 aliphatic heterocycles. The molecule has 174 valence electrons. The van der Waals surface area contributed by atoms with Crippen LogP contribution in [-0.4, -0.2) is 17.3 Å². The molecule has 1 N–H and O–H groups in total. The second-order valence-corrected chi connectivity index (χ2v) is 7.11. The number of allylic oxidation sites excluding steroid dienone is 1. The van der Waals surface area contributed by atoms with Gasteiger partial charge >= 0.3 is 18.3 Å². The second kappa shape index (κ2) is 9.22. The van der Waals surface area contributed by atoms with Gasteiger partial charge in [0, 0.05) is 5.56 Å². The molecule has 0 aromatic heterocycles. The van der Waals surface area contributed by atoms with Crippen LogP contribution >= 0.6 is 23.2 Å². The van der Waals surface area contributed by atoms with E-state index < -0.39 is 74.4 Å². The van der Waals surface area contributed by atoms with Gasteiger partial charge in [0.25, 0.3) is 6.43 Å². The summed E-state index contributed by atoms with van der Waals surface area (Å²) in [7, 11) is 0. The highest BCUT2D eigenvalue weighted by molar-refractivity contribution is 6.36. The van der Waals surface area contributed by atoms with Crippen molar-refractivity contribution in [2.45, 2.75) is 24.7 Å². The fourth-order valence-corrected chi connectivity index (χ4v) is 3.40. The number of hydrogen-bond acceptors (Lipinski definition) is 1. The Morgan fingerprint density at radius 2 is 1.50 bits per heavy atom. The Labute approximate surface area is 183 Å². The number of alkyl halides is 8. The van der Waals surface area contributed by atoms with Crippen LogP contribution in [0.4, 0.5) is 39.5 Å². The number of aromatic carboxylic acids is 1. The third-order valence-corrected chi connectivity index (χ3v) is 4.80. The molecule has 2 aromatic carbocycles. The van der Waals surface area contributed by atoms with Gasteiger partial charge in [0.15, 0.2) is 0 Å². The summed E-state index contributed by atoms with van der Waals surface area (Å²) in [6.45, 7) is 0. The molecule has 0 amide bonds. The molecule has 0 saturated heterocycles. The van der Waals surface area contributed by atoms with Crippen LogP contribution < -0.4 is 0 Å². The second-order valence-electron chi connectivity index (χ2n) is 6.30. The summed E-state index contributed by atoms with van der Waals surface area (Å²) >= 11 is 11.1. The molecule has 0 aliphatic rings. The fraction of sp³-hybridized carbons (Fsp3) is 0.211. The monoisotopic (exact) mass is 510 g/mol. The minimum Gasteiger partial charge on any atom is -0.478 e. The van der Waals surface area contributed by atoms with Crippen LogP contribution in [0.2, 0.25) is 10.0 Å². The molecule has 32 heavy (non-hydrogen) atoms. The van der Waals surface area contributed by atoms with Gasteiger partial charge in [-0.05, 0) is 35.9 Å². The molecule has 0 spiro atoms. The first-order valence-electron chi connectivity index (χ1n) is 8.20. The van der Waals surface area contributed by atoms with Crippen molar-refractivity contribution in [3.8, 4) is 0 Å². The Hall–Kier alpha value is -2.40. The molecule has 0 aliphatic carbocycles. The van der Waals surface area contributed by atoms with Crippen LogP contribution in [0.1, 0.15) is 45.0 Å². The highest BCUT2D eigenvalue weighted by Crippen LogP contribution is 2.43. The maximum atomic E-state index is 14.6. The molecular formula is C19H9Cl2F9O2. The van der Waals surface area contributed by atoms with Crippen molar-refractivity contribution >= 4 is 35.0 Å². The lowest BCUT2D eigenvalue weighted by atomic mass is 9.94. The van der Waals surface area contributed by atoms with E-state index in [0.717, 1.165) is 0 Å². The van der Waals surface area contributed by atoms with Crippen LogP contribution in [0, 0.1) is 0 Å². The number of carboxylic acids is 1. The summed E-state index contributed by atoms with van der Waals surface area (Å²) in [5.41, 5.74) is -5.78. The Morgan fingerprint density at radius 1 is 0.969 bits per heavy atom. The van der Waals surface area contributed by atoms with Gasteiger partial charge < -0.3 is 5.11 Å². The molecular weight excluding hydrogens is 502 g/mol. The van der Waals surface area contributed by atoms with Crippen LogP contribution in [0.5, 0.6) is 0 Å². The maximum Gasteiger partial charge on any atom is 0.417 e. The van der Waals surface area contributed by atoms with E-state index in [0.29, 0.717) is 24.3 Å². The number of carbonyl (C=O) groups is 1. The summed E-state index contributed by atoms with van der Waals surface area (Å²) in [6.07, 6.45) is -13.8. The molecule has 13 heteroatoms. The van der Waals surface area contributed by atoms with Crippen LogP contribution in [-0.2, 0) is 6.18 Å². The molecule has 2 nitrogen and oxygen atoms in total. The standard InChI is InChI=1S/C19H9Cl2F9O2/c20-12-4-8(5-13(21)15(12)16(23)24)10(18(25,26)27)6-14(22)7-1-2-9(17(31)32)11(3-7)19(28,29)30/h1-6,10,16H,(H,31,32)/b14-6-/t10-/m0/s1. The lowest BCUT2D eigenvalue weighted by Gasteiger charge is -2.20. The van der Waals surface area contributed by atoms with E-state index in [1.54, 1.807) is 0 Å². The number of benzene rings is 2. The Balaban J connectivity index is 2.63. The fourth-order valence-electron chi connectivity index (χ4n) is 2.73. The van der Waals surface area contributed by atoms with E-state index in [1.807, 2.05) is 0 Å². The summed E-state index contributed by atoms with van der Waals surface area (Å²) in [6, 6.07) is 1.97. The van der Waals surface area contributed by atoms with Crippen molar-refractivity contribution in [3.63, 3.8) is 0 Å². The van der Waals surface area contributed by atoms with Crippen molar-refractivity contribution in [3.05, 3.63) is 74.3 Å². The zero-order chi connectivity index (χ0) is 24.6. The molecule has 0 heterocycles. The van der Waals surface area contributed by atoms with E-state index in [9.17, 15) is 44.3 Å². The predicted octanol–water partition coefficient (Wildman–Crippen LogP) is 8.30. The van der Waals surface area contributed by atoms with Crippen molar-refractivity contribution in [1.82, 2.24) is 0 Å². The minimum atomic E-state index is -5.24. The van der Waals surface area contributed by atoms with Gasteiger partial charge in [-0.1, -0.05) is 29.3 Å². The van der Waals surface area contributed by atoms with Gasteiger partial charge in [-0.15, -0.1) is 0 Å². The molecule has 0 radical (unpaired) electrons. The molecule has 2 aromatic rings. The normalized spacial score (nSPS) is 14.1. The molecule has 0 unspecified atom stereocenters. The van der Waals surface area contributed by atoms with E-state index >= 15 is 0 Å². The predicted molar refractivity (Wildman–Crippen MR) is 97.7 cm³/mol. The Kier molecular flexibility index (Phi) is 7.45. The first-order valence-corrected chi connectivity index (χ1v) is 8.95. The molecule has 1 atom stereocenters. The van der Waals surface area contributed by atoms with Crippen molar-refractivity contribution < 1.29 is 49.4 Å². The van der Waals surface area contributed by atoms with E-state index in [2.05, 4.69) is 0 Å². The number of carboxylic acid groups (broad SMARTS) is 1. The molecule has 0 fully saturated rings. The zero-order valence-corrected chi connectivity index (χ0v) is 16.6. The molecule has 0 bridgehead atoms. The van der Waals surface area contributed by atoms with E-state index in [1.165, 1.54) is 0 Å². The first-order chi connectivity index (χ1) is 14.5. The number of halogens is 11.